The second-order valence-corrected chi connectivity index (χ2v) is 7.96. The molecular weight excluding hydrogens is 495 g/mol. The number of phenols is 1. The summed E-state index contributed by atoms with van der Waals surface area (Å²) in [6, 6.07) is 13.8. The maximum absolute atomic E-state index is 13.3. The molecule has 35 heavy (non-hydrogen) atoms. The number of phenolic OH excluding ortho intramolecular Hbond substituents is 1. The van der Waals surface area contributed by atoms with E-state index in [2.05, 4.69) is 10.6 Å². The average molecular weight is 517 g/mol. The van der Waals surface area contributed by atoms with Crippen molar-refractivity contribution >= 4 is 52.5 Å². The molecule has 0 aromatic heterocycles. The van der Waals surface area contributed by atoms with Crippen LogP contribution in [0.2, 0.25) is 10.0 Å². The van der Waals surface area contributed by atoms with E-state index in [9.17, 15) is 14.7 Å². The van der Waals surface area contributed by atoms with Crippen LogP contribution in [0, 0.1) is 0 Å². The molecule has 0 atom stereocenters. The number of nitrogens with one attached hydrogen (secondary N) is 2. The summed E-state index contributed by atoms with van der Waals surface area (Å²) in [5.41, 5.74) is 0.706. The highest BCUT2D eigenvalue weighted by molar-refractivity contribution is 6.32. The van der Waals surface area contributed by atoms with Crippen molar-refractivity contribution in [1.29, 1.82) is 0 Å². The summed E-state index contributed by atoms with van der Waals surface area (Å²) in [5, 5.41) is 15.9. The van der Waals surface area contributed by atoms with Crippen LogP contribution >= 0.6 is 23.2 Å². The molecule has 3 aromatic rings. The largest absolute Gasteiger partial charge is 0.504 e. The van der Waals surface area contributed by atoms with E-state index in [0.717, 1.165) is 0 Å². The SMILES string of the molecule is COc1cc(C=C(C(=O)Nc2cc(Cl)ccc2OC)C(=O)Nc2cc(Cl)ccc2OC)ccc1O. The van der Waals surface area contributed by atoms with Crippen molar-refractivity contribution in [3.8, 4) is 23.0 Å². The molecule has 0 bridgehead atoms. The number of halogens is 2. The highest BCUT2D eigenvalue weighted by Gasteiger charge is 2.22. The van der Waals surface area contributed by atoms with Crippen molar-refractivity contribution in [2.75, 3.05) is 32.0 Å². The Bertz CT molecular complexity index is 1220. The number of carbonyl (C=O) groups is 2. The van der Waals surface area contributed by atoms with Crippen LogP contribution < -0.4 is 24.8 Å². The zero-order chi connectivity index (χ0) is 25.5. The molecule has 0 spiro atoms. The molecule has 0 radical (unpaired) electrons. The number of benzene rings is 3. The number of hydrogen-bond acceptors (Lipinski definition) is 6. The van der Waals surface area contributed by atoms with Crippen molar-refractivity contribution in [2.24, 2.45) is 0 Å². The maximum atomic E-state index is 13.3. The third-order valence-electron chi connectivity index (χ3n) is 4.82. The summed E-state index contributed by atoms with van der Waals surface area (Å²) in [7, 11) is 4.27. The minimum atomic E-state index is -0.740. The van der Waals surface area contributed by atoms with Crippen molar-refractivity contribution in [3.05, 3.63) is 75.8 Å². The first-order chi connectivity index (χ1) is 16.7. The second-order valence-electron chi connectivity index (χ2n) is 7.09. The molecule has 0 fully saturated rings. The summed E-state index contributed by atoms with van der Waals surface area (Å²) < 4.78 is 15.7. The van der Waals surface area contributed by atoms with Gasteiger partial charge in [0.25, 0.3) is 11.8 Å². The van der Waals surface area contributed by atoms with Gasteiger partial charge in [-0.1, -0.05) is 29.3 Å². The van der Waals surface area contributed by atoms with Crippen LogP contribution in [0.1, 0.15) is 5.56 Å². The van der Waals surface area contributed by atoms with E-state index >= 15 is 0 Å². The molecule has 0 aliphatic heterocycles. The fourth-order valence-corrected chi connectivity index (χ4v) is 3.46. The van der Waals surface area contributed by atoms with E-state index in [1.165, 1.54) is 57.7 Å². The molecule has 3 N–H and O–H groups in total. The number of ether oxygens (including phenoxy) is 3. The van der Waals surface area contributed by atoms with E-state index in [-0.39, 0.29) is 28.4 Å². The predicted octanol–water partition coefficient (Wildman–Crippen LogP) is 5.39. The lowest BCUT2D eigenvalue weighted by Crippen LogP contribution is -2.25. The topological polar surface area (TPSA) is 106 Å². The molecule has 0 aliphatic carbocycles. The van der Waals surface area contributed by atoms with Crippen molar-refractivity contribution in [1.82, 2.24) is 0 Å². The van der Waals surface area contributed by atoms with Gasteiger partial charge in [-0.05, 0) is 60.2 Å². The highest BCUT2D eigenvalue weighted by atomic mass is 35.5. The van der Waals surface area contributed by atoms with Crippen LogP contribution in [-0.4, -0.2) is 38.3 Å². The Morgan fingerprint density at radius 2 is 1.23 bits per heavy atom. The monoisotopic (exact) mass is 516 g/mol. The highest BCUT2D eigenvalue weighted by Crippen LogP contribution is 2.31. The summed E-state index contributed by atoms with van der Waals surface area (Å²) >= 11 is 12.1. The van der Waals surface area contributed by atoms with Crippen molar-refractivity contribution < 1.29 is 28.9 Å². The van der Waals surface area contributed by atoms with Crippen LogP contribution in [0.5, 0.6) is 23.0 Å². The fraction of sp³-hybridized carbons (Fsp3) is 0.120. The summed E-state index contributed by atoms with van der Waals surface area (Å²) in [6.45, 7) is 0. The molecular formula is C25H22Cl2N2O6. The third-order valence-corrected chi connectivity index (χ3v) is 5.29. The molecule has 0 saturated carbocycles. The van der Waals surface area contributed by atoms with E-state index in [0.29, 0.717) is 27.1 Å². The number of aromatic hydroxyl groups is 1. The first kappa shape index (κ1) is 25.7. The maximum Gasteiger partial charge on any atom is 0.261 e. The number of rotatable bonds is 8. The zero-order valence-corrected chi connectivity index (χ0v) is 20.5. The quantitative estimate of drug-likeness (QED) is 0.210. The Morgan fingerprint density at radius 1 is 0.743 bits per heavy atom. The van der Waals surface area contributed by atoms with Gasteiger partial charge in [-0.2, -0.15) is 0 Å². The standard InChI is InChI=1S/C25H22Cl2N2O6/c1-33-21-8-5-15(26)12-18(21)28-24(31)17(10-14-4-7-20(30)23(11-14)35-3)25(32)29-19-13-16(27)6-9-22(19)34-2/h4-13,30H,1-3H3,(H,28,31)(H,29,32). The Hall–Kier alpha value is -3.88. The van der Waals surface area contributed by atoms with Crippen LogP contribution in [0.15, 0.2) is 60.2 Å². The first-order valence-electron chi connectivity index (χ1n) is 10.1. The Balaban J connectivity index is 2.03. The molecule has 8 nitrogen and oxygen atoms in total. The van der Waals surface area contributed by atoms with E-state index in [1.807, 2.05) is 0 Å². The predicted molar refractivity (Wildman–Crippen MR) is 136 cm³/mol. The normalized spacial score (nSPS) is 10.2. The average Bonchev–Trinajstić information content (AvgIpc) is 2.83. The lowest BCUT2D eigenvalue weighted by Gasteiger charge is -2.14. The Morgan fingerprint density at radius 3 is 1.69 bits per heavy atom. The van der Waals surface area contributed by atoms with Crippen LogP contribution in [-0.2, 0) is 9.59 Å². The summed E-state index contributed by atoms with van der Waals surface area (Å²) in [6.07, 6.45) is 1.35. The van der Waals surface area contributed by atoms with Crippen LogP contribution in [0.4, 0.5) is 11.4 Å². The van der Waals surface area contributed by atoms with Crippen LogP contribution in [0.3, 0.4) is 0 Å². The molecule has 2 amide bonds. The van der Waals surface area contributed by atoms with Gasteiger partial charge in [-0.3, -0.25) is 9.59 Å². The van der Waals surface area contributed by atoms with Gasteiger partial charge in [0.05, 0.1) is 32.7 Å². The number of hydrogen-bond donors (Lipinski definition) is 3. The van der Waals surface area contributed by atoms with Gasteiger partial charge in [-0.25, -0.2) is 0 Å². The van der Waals surface area contributed by atoms with Gasteiger partial charge in [0.2, 0.25) is 0 Å². The molecule has 0 unspecified atom stereocenters. The zero-order valence-electron chi connectivity index (χ0n) is 19.0. The molecule has 0 heterocycles. The molecule has 3 rings (SSSR count). The summed E-state index contributed by atoms with van der Waals surface area (Å²) in [5.74, 6) is -0.692. The van der Waals surface area contributed by atoms with E-state index in [1.54, 1.807) is 24.3 Å². The van der Waals surface area contributed by atoms with Crippen molar-refractivity contribution in [3.63, 3.8) is 0 Å². The number of anilines is 2. The molecule has 0 saturated heterocycles. The fourth-order valence-electron chi connectivity index (χ4n) is 3.12. The molecule has 182 valence electrons. The van der Waals surface area contributed by atoms with Crippen LogP contribution in [0.25, 0.3) is 6.08 Å². The van der Waals surface area contributed by atoms with E-state index < -0.39 is 11.8 Å². The smallest absolute Gasteiger partial charge is 0.261 e. The Kier molecular flexibility index (Phi) is 8.46. The van der Waals surface area contributed by atoms with Gasteiger partial charge in [0.15, 0.2) is 11.5 Å². The Labute approximate surface area is 212 Å². The van der Waals surface area contributed by atoms with Crippen molar-refractivity contribution in [2.45, 2.75) is 0 Å². The second kappa shape index (κ2) is 11.5. The van der Waals surface area contributed by atoms with Gasteiger partial charge in [0.1, 0.15) is 17.1 Å². The summed E-state index contributed by atoms with van der Waals surface area (Å²) in [4.78, 5) is 26.6. The lowest BCUT2D eigenvalue weighted by molar-refractivity contribution is -0.118. The van der Waals surface area contributed by atoms with Gasteiger partial charge in [0, 0.05) is 10.0 Å². The van der Waals surface area contributed by atoms with Gasteiger partial charge >= 0.3 is 0 Å². The molecule has 0 aliphatic rings. The minimum absolute atomic E-state index is 0.0903. The number of methoxy groups -OCH3 is 3. The number of amides is 2. The number of carbonyl (C=O) groups excluding carboxylic acids is 2. The molecule has 3 aromatic carbocycles. The third kappa shape index (κ3) is 6.38. The minimum Gasteiger partial charge on any atom is -0.504 e. The first-order valence-corrected chi connectivity index (χ1v) is 10.9. The van der Waals surface area contributed by atoms with Gasteiger partial charge < -0.3 is 30.0 Å². The molecule has 10 heteroatoms. The van der Waals surface area contributed by atoms with E-state index in [4.69, 9.17) is 37.4 Å². The van der Waals surface area contributed by atoms with Gasteiger partial charge in [-0.15, -0.1) is 0 Å². The lowest BCUT2D eigenvalue weighted by atomic mass is 10.1.